The van der Waals surface area contributed by atoms with Crippen LogP contribution in [0.2, 0.25) is 0 Å². The molecular weight excluding hydrogens is 535 g/mol. The molecule has 29 heavy (non-hydrogen) atoms. The van der Waals surface area contributed by atoms with Gasteiger partial charge in [0.1, 0.15) is 6.61 Å². The molecule has 0 aromatic carbocycles. The first-order valence-electron chi connectivity index (χ1n) is 9.62. The van der Waals surface area contributed by atoms with E-state index in [1.54, 1.807) is 7.05 Å². The molecule has 1 saturated heterocycles. The molecule has 9 nitrogen and oxygen atoms in total. The zero-order valence-corrected chi connectivity index (χ0v) is 20.8. The number of rotatable bonds is 16. The summed E-state index contributed by atoms with van der Waals surface area (Å²) in [6.07, 6.45) is 0.289. The summed E-state index contributed by atoms with van der Waals surface area (Å²) in [6, 6.07) is 0. The van der Waals surface area contributed by atoms with Gasteiger partial charge in [0.2, 0.25) is 17.7 Å². The van der Waals surface area contributed by atoms with Crippen molar-refractivity contribution in [1.29, 1.82) is 0.594 Å². The molecule has 1 aliphatic rings. The predicted molar refractivity (Wildman–Crippen MR) is 111 cm³/mol. The number of nitrogens with one attached hydrogen (secondary N) is 1. The summed E-state index contributed by atoms with van der Waals surface area (Å²) in [7, 11) is 5.12. The fraction of sp³-hybridized carbons (Fsp3) is 0.824. The maximum absolute atomic E-state index is 12.0. The summed E-state index contributed by atoms with van der Waals surface area (Å²) in [5.41, 5.74) is 0. The van der Waals surface area contributed by atoms with Gasteiger partial charge in [0.15, 0.2) is 0 Å². The summed E-state index contributed by atoms with van der Waals surface area (Å²) in [4.78, 5) is 36.1. The van der Waals surface area contributed by atoms with Gasteiger partial charge in [0.05, 0.1) is 58.0 Å². The van der Waals surface area contributed by atoms with E-state index in [0.717, 1.165) is 5.75 Å². The van der Waals surface area contributed by atoms with Crippen LogP contribution in [0.1, 0.15) is 13.3 Å². The third-order valence-corrected chi connectivity index (χ3v) is 4.76. The van der Waals surface area contributed by atoms with E-state index in [9.17, 15) is 14.4 Å². The van der Waals surface area contributed by atoms with Gasteiger partial charge in [-0.25, -0.2) is 0 Å². The Kier molecular flexibility index (Phi) is 18.4. The van der Waals surface area contributed by atoms with Crippen molar-refractivity contribution in [3.8, 4) is 0 Å². The van der Waals surface area contributed by atoms with Gasteiger partial charge in [0, 0.05) is 13.5 Å². The molecule has 0 aromatic rings. The monoisotopic (exact) mass is 568 g/mol. The van der Waals surface area contributed by atoms with Gasteiger partial charge >= 0.3 is 31.4 Å². The Bertz CT molecular complexity index is 495. The molecule has 0 saturated carbocycles. The van der Waals surface area contributed by atoms with Crippen LogP contribution >= 0.6 is 21.6 Å². The molecule has 1 heterocycles. The van der Waals surface area contributed by atoms with Crippen molar-refractivity contribution in [3.63, 3.8) is 0 Å². The Hall–Kier alpha value is -0.120. The third kappa shape index (κ3) is 13.7. The van der Waals surface area contributed by atoms with Crippen LogP contribution in [0.4, 0.5) is 0 Å². The van der Waals surface area contributed by atoms with Crippen LogP contribution in [0.25, 0.3) is 0 Å². The molecule has 3 amide bonds. The number of likely N-dealkylation sites (N-methyl/N-ethyl adjacent to an activating group) is 1. The number of halogens is 1. The molecule has 1 N–H and O–H groups in total. The third-order valence-electron chi connectivity index (χ3n) is 3.66. The zero-order chi connectivity index (χ0) is 22.6. The molecule has 0 aromatic heterocycles. The number of carbonyl (C=O) groups is 3. The normalized spacial score (nSPS) is 16.6. The van der Waals surface area contributed by atoms with Crippen LogP contribution in [-0.2, 0) is 33.3 Å². The van der Waals surface area contributed by atoms with E-state index < -0.39 is 21.0 Å². The number of imide groups is 1. The number of nitrogens with zero attached hydrogens (tertiary/aromatic N) is 1. The number of ether oxygens (including phenoxy) is 4. The van der Waals surface area contributed by atoms with Gasteiger partial charge in [0.25, 0.3) is 0 Å². The molecule has 1 fully saturated rings. The zero-order valence-electron chi connectivity index (χ0n) is 17.9. The number of carbonyl (C=O) groups excluding carboxylic acids is 3. The molecule has 1 rings (SSSR count). The van der Waals surface area contributed by atoms with E-state index in [4.69, 9.17) is 19.5 Å². The average molecular weight is 568 g/mol. The molecule has 1 atom stereocenters. The Morgan fingerprint density at radius 3 is 2.21 bits per heavy atom. The van der Waals surface area contributed by atoms with Gasteiger partial charge in [-0.3, -0.25) is 19.3 Å². The summed E-state index contributed by atoms with van der Waals surface area (Å²) in [5, 5.41) is 2.22. The van der Waals surface area contributed by atoms with Crippen LogP contribution in [-0.4, -0.2) is 101 Å². The topological polar surface area (TPSA) is 103 Å². The molecule has 0 spiro atoms. The standard InChI is InChI=1S/C17H30N2O7S.H2IS/c1-3-27-14-12-16(21)19(17(14)22)4-5-23-6-7-24-8-9-25-10-11-26-13-15(20)18-2;1-2/h14H,3-13H2,1-2H3,(H,18,20);1-2H/q;-1/i;1D. The molecule has 0 radical (unpaired) electrons. The first kappa shape index (κ1) is 26.9. The van der Waals surface area contributed by atoms with Crippen LogP contribution in [0.3, 0.4) is 0 Å². The van der Waals surface area contributed by atoms with Gasteiger partial charge in [-0.15, -0.1) is 11.8 Å². The minimum atomic E-state index is -0.466. The molecule has 12 heteroatoms. The number of likely N-dealkylation sites (tertiary alicyclic amines) is 1. The molecule has 1 aliphatic heterocycles. The first-order valence-corrected chi connectivity index (χ1v) is 13.5. The van der Waals surface area contributed by atoms with E-state index >= 15 is 0 Å². The minimum absolute atomic E-state index is 0.0282. The molecule has 1 unspecified atom stereocenters. The van der Waals surface area contributed by atoms with E-state index in [2.05, 4.69) is 15.1 Å². The summed E-state index contributed by atoms with van der Waals surface area (Å²) >= 11 is 1.04. The van der Waals surface area contributed by atoms with Crippen LogP contribution < -0.4 is 26.3 Å². The fourth-order valence-corrected chi connectivity index (χ4v) is 3.20. The SMILES string of the molecule is CCSC1CC(=O)N(CCOCCOCCOCCOCC(=O)NC)C1=O.[2H][I-]S. The number of thiol groups is 1. The van der Waals surface area contributed by atoms with Crippen molar-refractivity contribution in [3.05, 3.63) is 0 Å². The Labute approximate surface area is 194 Å². The second-order valence-corrected chi connectivity index (χ2v) is 7.07. The van der Waals surface area contributed by atoms with Gasteiger partial charge in [-0.1, -0.05) is 6.92 Å². The van der Waals surface area contributed by atoms with E-state index in [1.165, 1.54) is 16.7 Å². The number of hydrogen-bond donors (Lipinski definition) is 2. The van der Waals surface area contributed by atoms with E-state index in [0.29, 0.717) is 46.2 Å². The number of hydrogen-bond acceptors (Lipinski definition) is 9. The molecule has 172 valence electrons. The first-order chi connectivity index (χ1) is 14.5. The maximum atomic E-state index is 12.0. The van der Waals surface area contributed by atoms with Crippen LogP contribution in [0.15, 0.2) is 0 Å². The molecular formula is C17H32IN2O7S2-. The van der Waals surface area contributed by atoms with Gasteiger partial charge in [-0.2, -0.15) is 0 Å². The van der Waals surface area contributed by atoms with Crippen LogP contribution in [0.5, 0.6) is 0 Å². The Morgan fingerprint density at radius 2 is 1.69 bits per heavy atom. The number of thioether (sulfide) groups is 1. The van der Waals surface area contributed by atoms with Gasteiger partial charge < -0.3 is 24.3 Å². The second kappa shape index (κ2) is 19.8. The van der Waals surface area contributed by atoms with Crippen molar-refractivity contribution < 1.29 is 54.3 Å². The Balaban J connectivity index is 0.00000263. The van der Waals surface area contributed by atoms with E-state index in [1.807, 2.05) is 6.92 Å². The fourth-order valence-electron chi connectivity index (χ4n) is 2.27. The van der Waals surface area contributed by atoms with Crippen molar-refractivity contribution >= 4 is 39.3 Å². The second-order valence-electron chi connectivity index (χ2n) is 5.59. The summed E-state index contributed by atoms with van der Waals surface area (Å²) < 4.78 is 27.3. The molecule has 0 bridgehead atoms. The van der Waals surface area contributed by atoms with Crippen LogP contribution in [0, 0.1) is 0 Å². The quantitative estimate of drug-likeness (QED) is 0.0869. The van der Waals surface area contributed by atoms with Crippen molar-refractivity contribution in [2.45, 2.75) is 18.6 Å². The van der Waals surface area contributed by atoms with Crippen molar-refractivity contribution in [1.82, 2.24) is 10.2 Å². The Morgan fingerprint density at radius 1 is 1.17 bits per heavy atom. The van der Waals surface area contributed by atoms with Gasteiger partial charge in [-0.05, 0) is 5.75 Å². The number of amides is 3. The molecule has 0 aliphatic carbocycles. The average Bonchev–Trinajstić information content (AvgIpc) is 2.99. The van der Waals surface area contributed by atoms with Crippen molar-refractivity contribution in [2.75, 3.05) is 72.2 Å². The van der Waals surface area contributed by atoms with Crippen molar-refractivity contribution in [2.24, 2.45) is 0 Å². The predicted octanol–water partition coefficient (Wildman–Crippen LogP) is -3.20. The van der Waals surface area contributed by atoms with E-state index in [-0.39, 0.29) is 42.5 Å². The summed E-state index contributed by atoms with van der Waals surface area (Å²) in [6.45, 7) is 5.00. The summed E-state index contributed by atoms with van der Waals surface area (Å²) in [5.74, 6) is 0.417.